The van der Waals surface area contributed by atoms with Crippen molar-refractivity contribution in [2.45, 2.75) is 91.9 Å². The Labute approximate surface area is 220 Å². The smallest absolute Gasteiger partial charge is 0.418 e. The van der Waals surface area contributed by atoms with E-state index < -0.39 is 17.2 Å². The third kappa shape index (κ3) is 16.5. The Hall–Kier alpha value is -1.26. The lowest BCUT2D eigenvalue weighted by Gasteiger charge is -2.17. The minimum Gasteiger partial charge on any atom is -0.418 e. The van der Waals surface area contributed by atoms with Crippen molar-refractivity contribution in [3.8, 4) is 11.5 Å². The van der Waals surface area contributed by atoms with Gasteiger partial charge in [0.05, 0.1) is 0 Å². The van der Waals surface area contributed by atoms with Crippen LogP contribution in [0, 0.1) is 11.8 Å². The van der Waals surface area contributed by atoms with Crippen molar-refractivity contribution in [1.82, 2.24) is 0 Å². The first-order chi connectivity index (χ1) is 17.2. The van der Waals surface area contributed by atoms with Gasteiger partial charge in [-0.25, -0.2) is 0 Å². The van der Waals surface area contributed by atoms with Gasteiger partial charge in [0.2, 0.25) is 0 Å². The normalized spacial score (nSPS) is 11.2. The van der Waals surface area contributed by atoms with Gasteiger partial charge in [0, 0.05) is 0 Å². The molecule has 4 N–H and O–H groups in total. The summed E-state index contributed by atoms with van der Waals surface area (Å²) in [5, 5.41) is 0. The van der Waals surface area contributed by atoms with Crippen LogP contribution < -0.4 is 9.05 Å². The van der Waals surface area contributed by atoms with E-state index in [0.29, 0.717) is 0 Å². The second-order valence-corrected chi connectivity index (χ2v) is 11.3. The molecule has 0 fully saturated rings. The van der Waals surface area contributed by atoms with E-state index in [-0.39, 0.29) is 0 Å². The minimum atomic E-state index is -2.62. The second kappa shape index (κ2) is 19.8. The average molecular weight is 541 g/mol. The summed E-state index contributed by atoms with van der Waals surface area (Å²) >= 11 is 0. The zero-order valence-corrected chi connectivity index (χ0v) is 24.1. The van der Waals surface area contributed by atoms with Gasteiger partial charge in [-0.05, 0) is 60.8 Å². The van der Waals surface area contributed by atoms with Gasteiger partial charge < -0.3 is 28.6 Å². The number of aryl methyl sites for hydroxylation is 2. The molecule has 0 saturated heterocycles. The van der Waals surface area contributed by atoms with Gasteiger partial charge in [-0.2, -0.15) is 0 Å². The topological polar surface area (TPSA) is 99.4 Å². The Morgan fingerprint density at radius 3 is 1.31 bits per heavy atom. The summed E-state index contributed by atoms with van der Waals surface area (Å²) in [4.78, 5) is 32.3. The highest BCUT2D eigenvalue weighted by atomic mass is 31.2. The quantitative estimate of drug-likeness (QED) is 0.127. The maximum absolute atomic E-state index is 10.6. The van der Waals surface area contributed by atoms with E-state index in [1.807, 2.05) is 36.4 Å². The zero-order valence-electron chi connectivity index (χ0n) is 22.3. The molecule has 0 aliphatic carbocycles. The van der Waals surface area contributed by atoms with Crippen LogP contribution in [0.15, 0.2) is 48.5 Å². The average Bonchev–Trinajstić information content (AvgIpc) is 2.80. The lowest BCUT2D eigenvalue weighted by atomic mass is 10.0. The summed E-state index contributed by atoms with van der Waals surface area (Å²) < 4.78 is 11.7. The lowest BCUT2D eigenvalue weighted by Crippen LogP contribution is -2.00. The highest BCUT2D eigenvalue weighted by Crippen LogP contribution is 2.39. The zero-order chi connectivity index (χ0) is 26.8. The Bertz CT molecular complexity index is 750. The molecular formula is C28H46O6P2. The van der Waals surface area contributed by atoms with Gasteiger partial charge in [-0.15, -0.1) is 0 Å². The molecule has 8 heteroatoms. The summed E-state index contributed by atoms with van der Waals surface area (Å²) in [5.41, 5.74) is 2.28. The summed E-state index contributed by atoms with van der Waals surface area (Å²) in [6.07, 6.45) is 11.7. The fourth-order valence-electron chi connectivity index (χ4n) is 3.88. The van der Waals surface area contributed by atoms with Crippen LogP contribution in [0.5, 0.6) is 11.5 Å². The Morgan fingerprint density at radius 1 is 0.583 bits per heavy atom. The van der Waals surface area contributed by atoms with Gasteiger partial charge in [-0.3, -0.25) is 0 Å². The first-order valence-corrected chi connectivity index (χ1v) is 15.4. The lowest BCUT2D eigenvalue weighted by molar-refractivity contribution is 0.368. The number of hydrogen-bond acceptors (Lipinski definition) is 6. The molecule has 0 saturated carbocycles. The Morgan fingerprint density at radius 2 is 0.944 bits per heavy atom. The van der Waals surface area contributed by atoms with E-state index in [9.17, 15) is 4.89 Å². The highest BCUT2D eigenvalue weighted by Gasteiger charge is 2.16. The molecule has 0 bridgehead atoms. The molecule has 204 valence electrons. The van der Waals surface area contributed by atoms with E-state index in [1.165, 1.54) is 38.5 Å². The third-order valence-corrected chi connectivity index (χ3v) is 6.46. The molecule has 6 nitrogen and oxygen atoms in total. The molecule has 0 radical (unpaired) electrons. The van der Waals surface area contributed by atoms with Crippen molar-refractivity contribution in [3.05, 3.63) is 59.7 Å². The molecule has 0 aliphatic rings. The van der Waals surface area contributed by atoms with Gasteiger partial charge in [0.15, 0.2) is 0 Å². The van der Waals surface area contributed by atoms with Crippen LogP contribution in [0.2, 0.25) is 0 Å². The maximum atomic E-state index is 10.6. The van der Waals surface area contributed by atoms with Gasteiger partial charge in [0.25, 0.3) is 0 Å². The molecule has 2 rings (SSSR count). The Balaban J connectivity index is 0.00000150. The van der Waals surface area contributed by atoms with Gasteiger partial charge >= 0.3 is 17.2 Å². The third-order valence-electron chi connectivity index (χ3n) is 5.75. The predicted molar refractivity (Wildman–Crippen MR) is 151 cm³/mol. The van der Waals surface area contributed by atoms with Crippen LogP contribution in [0.25, 0.3) is 0 Å². The van der Waals surface area contributed by atoms with Crippen molar-refractivity contribution in [1.29, 1.82) is 0 Å². The van der Waals surface area contributed by atoms with Crippen LogP contribution >= 0.6 is 17.2 Å². The second-order valence-electron chi connectivity index (χ2n) is 9.89. The van der Waals surface area contributed by atoms with Gasteiger partial charge in [-0.1, -0.05) is 103 Å². The summed E-state index contributed by atoms with van der Waals surface area (Å²) in [5.74, 6) is 3.00. The first kappa shape index (κ1) is 32.8. The van der Waals surface area contributed by atoms with Crippen LogP contribution in [-0.2, 0) is 12.8 Å². The van der Waals surface area contributed by atoms with Crippen molar-refractivity contribution in [3.63, 3.8) is 0 Å². The van der Waals surface area contributed by atoms with Crippen molar-refractivity contribution in [2.24, 2.45) is 11.8 Å². The number of para-hydroxylation sites is 2. The number of hydrogen-bond donors (Lipinski definition) is 4. The monoisotopic (exact) mass is 540 g/mol. The van der Waals surface area contributed by atoms with E-state index in [4.69, 9.17) is 23.7 Å². The minimum absolute atomic E-state index is 0.733. The number of unbranched alkanes of at least 4 members (excludes halogenated alkanes) is 4. The molecule has 0 aromatic heterocycles. The molecule has 2 aromatic rings. The van der Waals surface area contributed by atoms with Crippen LogP contribution in [0.4, 0.5) is 0 Å². The molecule has 0 unspecified atom stereocenters. The number of rotatable bonds is 16. The first-order valence-electron chi connectivity index (χ1n) is 13.1. The van der Waals surface area contributed by atoms with Crippen molar-refractivity contribution >= 4 is 17.2 Å². The van der Waals surface area contributed by atoms with E-state index in [2.05, 4.69) is 39.8 Å². The van der Waals surface area contributed by atoms with E-state index in [0.717, 1.165) is 60.1 Å². The molecular weight excluding hydrogens is 494 g/mol. The summed E-state index contributed by atoms with van der Waals surface area (Å²) in [7, 11) is -4.65. The van der Waals surface area contributed by atoms with Crippen LogP contribution in [0.1, 0.15) is 90.2 Å². The Kier molecular flexibility index (Phi) is 18.0. The fraction of sp³-hybridized carbons (Fsp3) is 0.571. The maximum Gasteiger partial charge on any atom is 0.460 e. The SMILES string of the molecule is CC(C)CCCCCc1ccccc1OP(O)Oc1ccccc1CCCCCC(C)C.OP(O)O. The molecule has 0 heterocycles. The molecule has 36 heavy (non-hydrogen) atoms. The van der Waals surface area contributed by atoms with Crippen LogP contribution in [0.3, 0.4) is 0 Å². The standard InChI is InChI=1S/C28H43O3P.H3O3P/c1-23(2)15-7-5-9-17-25-19-11-13-21-27(25)30-32(29)31-28-22-14-12-20-26(28)18-10-6-8-16-24(3)4;1-4(2)3/h11-14,19-24,29H,5-10,15-18H2,1-4H3;1-3H. The summed E-state index contributed by atoms with van der Waals surface area (Å²) in [6.45, 7) is 9.10. The number of benzene rings is 2. The largest absolute Gasteiger partial charge is 0.460 e. The molecule has 0 amide bonds. The molecule has 0 atom stereocenters. The fourth-order valence-corrected chi connectivity index (χ4v) is 4.61. The molecule has 0 spiro atoms. The predicted octanol–water partition coefficient (Wildman–Crippen LogP) is 8.07. The van der Waals surface area contributed by atoms with E-state index >= 15 is 0 Å². The van der Waals surface area contributed by atoms with Gasteiger partial charge in [0.1, 0.15) is 11.5 Å². The molecule has 2 aromatic carbocycles. The van der Waals surface area contributed by atoms with Crippen molar-refractivity contribution < 1.29 is 28.6 Å². The highest BCUT2D eigenvalue weighted by molar-refractivity contribution is 7.41. The van der Waals surface area contributed by atoms with E-state index in [1.54, 1.807) is 0 Å². The van der Waals surface area contributed by atoms with Crippen molar-refractivity contribution in [2.75, 3.05) is 0 Å². The van der Waals surface area contributed by atoms with Crippen LogP contribution in [-0.4, -0.2) is 19.6 Å². The summed E-state index contributed by atoms with van der Waals surface area (Å²) in [6, 6.07) is 16.0. The molecule has 0 aliphatic heterocycles.